The van der Waals surface area contributed by atoms with Gasteiger partial charge in [0.25, 0.3) is 0 Å². The van der Waals surface area contributed by atoms with Gasteiger partial charge in [0.2, 0.25) is 0 Å². The summed E-state index contributed by atoms with van der Waals surface area (Å²) in [7, 11) is 0. The van der Waals surface area contributed by atoms with Crippen molar-refractivity contribution < 1.29 is 14.6 Å². The van der Waals surface area contributed by atoms with Crippen LogP contribution in [0.2, 0.25) is 0 Å². The average Bonchev–Trinajstić information content (AvgIpc) is 2.39. The summed E-state index contributed by atoms with van der Waals surface area (Å²) in [4.78, 5) is 0. The highest BCUT2D eigenvalue weighted by molar-refractivity contribution is 4.92. The van der Waals surface area contributed by atoms with Crippen molar-refractivity contribution in [3.8, 4) is 0 Å². The summed E-state index contributed by atoms with van der Waals surface area (Å²) in [6.07, 6.45) is 5.33. The maximum absolute atomic E-state index is 9.71. The second-order valence-electron chi connectivity index (χ2n) is 5.70. The lowest BCUT2D eigenvalue weighted by atomic mass is 9.77. The highest BCUT2D eigenvalue weighted by Crippen LogP contribution is 2.31. The number of nitrogens with one attached hydrogen (secondary N) is 1. The van der Waals surface area contributed by atoms with Gasteiger partial charge in [0.1, 0.15) is 0 Å². The van der Waals surface area contributed by atoms with E-state index in [0.29, 0.717) is 19.1 Å². The summed E-state index contributed by atoms with van der Waals surface area (Å²) in [5, 5.41) is 13.3. The van der Waals surface area contributed by atoms with Gasteiger partial charge in [0.15, 0.2) is 6.29 Å². The molecular formula is C15H31NO3. The van der Waals surface area contributed by atoms with Gasteiger partial charge < -0.3 is 19.9 Å². The number of aliphatic hydroxyl groups excluding tert-OH is 1. The van der Waals surface area contributed by atoms with E-state index in [-0.39, 0.29) is 18.4 Å². The van der Waals surface area contributed by atoms with Gasteiger partial charge in [-0.2, -0.15) is 0 Å². The molecule has 4 nitrogen and oxygen atoms in total. The molecule has 19 heavy (non-hydrogen) atoms. The maximum Gasteiger partial charge on any atom is 0.158 e. The van der Waals surface area contributed by atoms with Gasteiger partial charge in [-0.3, -0.25) is 0 Å². The normalized spacial score (nSPS) is 27.9. The predicted molar refractivity (Wildman–Crippen MR) is 77.1 cm³/mol. The Kier molecular flexibility index (Phi) is 7.91. The molecule has 0 aromatic carbocycles. The second kappa shape index (κ2) is 8.90. The molecule has 0 aliphatic heterocycles. The molecule has 1 saturated carbocycles. The first-order valence-corrected chi connectivity index (χ1v) is 7.75. The topological polar surface area (TPSA) is 50.7 Å². The van der Waals surface area contributed by atoms with Crippen LogP contribution in [0.15, 0.2) is 0 Å². The first kappa shape index (κ1) is 16.9. The number of hydrogen-bond donors (Lipinski definition) is 2. The summed E-state index contributed by atoms with van der Waals surface area (Å²) in [6.45, 7) is 8.65. The lowest BCUT2D eigenvalue weighted by Crippen LogP contribution is -2.52. The standard InChI is InChI=1S/C15H31NO3/c1-4-18-14(19-5-2)8-10-16-15(12-17)9-6-7-13(3)11-15/h13-14,16-17H,4-12H2,1-3H3. The minimum atomic E-state index is -0.126. The minimum absolute atomic E-state index is 0.0827. The molecule has 0 saturated heterocycles. The molecule has 0 aromatic rings. The molecule has 1 aliphatic carbocycles. The molecule has 0 aromatic heterocycles. The maximum atomic E-state index is 9.71. The van der Waals surface area contributed by atoms with E-state index in [1.54, 1.807) is 0 Å². The van der Waals surface area contributed by atoms with Crippen LogP contribution in [0, 0.1) is 5.92 Å². The lowest BCUT2D eigenvalue weighted by Gasteiger charge is -2.40. The van der Waals surface area contributed by atoms with Crippen LogP contribution in [0.25, 0.3) is 0 Å². The molecule has 1 aliphatic rings. The Morgan fingerprint density at radius 1 is 1.32 bits per heavy atom. The summed E-state index contributed by atoms with van der Waals surface area (Å²) in [6, 6.07) is 0. The van der Waals surface area contributed by atoms with E-state index in [4.69, 9.17) is 9.47 Å². The Labute approximate surface area is 117 Å². The van der Waals surface area contributed by atoms with Crippen LogP contribution in [0.1, 0.15) is 52.9 Å². The Balaban J connectivity index is 2.35. The fourth-order valence-electron chi connectivity index (χ4n) is 3.06. The molecule has 2 unspecified atom stereocenters. The van der Waals surface area contributed by atoms with Crippen molar-refractivity contribution in [1.29, 1.82) is 0 Å². The zero-order valence-corrected chi connectivity index (χ0v) is 12.8. The zero-order valence-electron chi connectivity index (χ0n) is 12.8. The molecule has 0 spiro atoms. The fourth-order valence-corrected chi connectivity index (χ4v) is 3.06. The van der Waals surface area contributed by atoms with Crippen molar-refractivity contribution in [3.63, 3.8) is 0 Å². The molecule has 1 fully saturated rings. The summed E-state index contributed by atoms with van der Waals surface area (Å²) in [5.74, 6) is 0.697. The quantitative estimate of drug-likeness (QED) is 0.633. The fraction of sp³-hybridized carbons (Fsp3) is 1.00. The van der Waals surface area contributed by atoms with E-state index >= 15 is 0 Å². The number of rotatable bonds is 9. The van der Waals surface area contributed by atoms with Crippen LogP contribution in [0.4, 0.5) is 0 Å². The Morgan fingerprint density at radius 3 is 2.53 bits per heavy atom. The van der Waals surface area contributed by atoms with Crippen molar-refractivity contribution >= 4 is 0 Å². The predicted octanol–water partition coefficient (Wildman–Crippen LogP) is 2.31. The van der Waals surface area contributed by atoms with Gasteiger partial charge >= 0.3 is 0 Å². The Morgan fingerprint density at radius 2 is 2.00 bits per heavy atom. The zero-order chi connectivity index (χ0) is 14.1. The van der Waals surface area contributed by atoms with Crippen molar-refractivity contribution in [2.75, 3.05) is 26.4 Å². The van der Waals surface area contributed by atoms with Gasteiger partial charge in [-0.1, -0.05) is 19.8 Å². The number of aliphatic hydroxyl groups is 1. The second-order valence-corrected chi connectivity index (χ2v) is 5.70. The van der Waals surface area contributed by atoms with Gasteiger partial charge in [-0.15, -0.1) is 0 Å². The van der Waals surface area contributed by atoms with E-state index in [2.05, 4.69) is 12.2 Å². The summed E-state index contributed by atoms with van der Waals surface area (Å²) < 4.78 is 11.1. The molecule has 4 heteroatoms. The van der Waals surface area contributed by atoms with Gasteiger partial charge in [-0.05, 0) is 32.6 Å². The Hall–Kier alpha value is -0.160. The molecule has 0 radical (unpaired) electrons. The van der Waals surface area contributed by atoms with Crippen molar-refractivity contribution in [2.24, 2.45) is 5.92 Å². The van der Waals surface area contributed by atoms with Crippen LogP contribution in [0.5, 0.6) is 0 Å². The molecule has 114 valence electrons. The van der Waals surface area contributed by atoms with Crippen molar-refractivity contribution in [2.45, 2.75) is 64.7 Å². The molecule has 0 heterocycles. The highest BCUT2D eigenvalue weighted by atomic mass is 16.7. The lowest BCUT2D eigenvalue weighted by molar-refractivity contribution is -0.139. The number of hydrogen-bond acceptors (Lipinski definition) is 4. The van der Waals surface area contributed by atoms with Crippen LogP contribution >= 0.6 is 0 Å². The summed E-state index contributed by atoms with van der Waals surface area (Å²) >= 11 is 0. The Bertz CT molecular complexity index is 231. The van der Waals surface area contributed by atoms with Crippen LogP contribution in [-0.2, 0) is 9.47 Å². The molecular weight excluding hydrogens is 242 g/mol. The molecule has 1 rings (SSSR count). The van der Waals surface area contributed by atoms with Crippen LogP contribution < -0.4 is 5.32 Å². The van der Waals surface area contributed by atoms with Crippen LogP contribution in [-0.4, -0.2) is 43.3 Å². The van der Waals surface area contributed by atoms with E-state index < -0.39 is 0 Å². The molecule has 0 amide bonds. The van der Waals surface area contributed by atoms with Crippen molar-refractivity contribution in [3.05, 3.63) is 0 Å². The third kappa shape index (κ3) is 5.78. The largest absolute Gasteiger partial charge is 0.394 e. The van der Waals surface area contributed by atoms with Crippen molar-refractivity contribution in [1.82, 2.24) is 5.32 Å². The SMILES string of the molecule is CCOC(CCNC1(CO)CCCC(C)C1)OCC. The molecule has 2 atom stereocenters. The third-order valence-electron chi connectivity index (χ3n) is 3.98. The van der Waals surface area contributed by atoms with Gasteiger partial charge in [0.05, 0.1) is 6.61 Å². The van der Waals surface area contributed by atoms with E-state index in [0.717, 1.165) is 25.8 Å². The van der Waals surface area contributed by atoms with Crippen LogP contribution in [0.3, 0.4) is 0 Å². The number of ether oxygens (including phenoxy) is 2. The third-order valence-corrected chi connectivity index (χ3v) is 3.98. The highest BCUT2D eigenvalue weighted by Gasteiger charge is 2.33. The van der Waals surface area contributed by atoms with E-state index in [1.807, 2.05) is 13.8 Å². The minimum Gasteiger partial charge on any atom is -0.394 e. The molecule has 2 N–H and O–H groups in total. The summed E-state index contributed by atoms with van der Waals surface area (Å²) in [5.41, 5.74) is -0.0827. The van der Waals surface area contributed by atoms with Gasteiger partial charge in [-0.25, -0.2) is 0 Å². The molecule has 0 bridgehead atoms. The van der Waals surface area contributed by atoms with E-state index in [9.17, 15) is 5.11 Å². The first-order chi connectivity index (χ1) is 9.15. The first-order valence-electron chi connectivity index (χ1n) is 7.75. The average molecular weight is 273 g/mol. The van der Waals surface area contributed by atoms with E-state index in [1.165, 1.54) is 12.8 Å². The monoisotopic (exact) mass is 273 g/mol. The smallest absolute Gasteiger partial charge is 0.158 e. The van der Waals surface area contributed by atoms with Gasteiger partial charge in [0, 0.05) is 31.7 Å².